The van der Waals surface area contributed by atoms with Gasteiger partial charge in [-0.1, -0.05) is 19.1 Å². The molecule has 1 aromatic carbocycles. The minimum absolute atomic E-state index is 0. The number of rotatable bonds is 12. The number of aliphatic imine (C=N–C) groups is 1. The molecule has 1 atom stereocenters. The van der Waals surface area contributed by atoms with E-state index < -0.39 is 0 Å². The van der Waals surface area contributed by atoms with Gasteiger partial charge in [0.15, 0.2) is 5.96 Å². The molecule has 0 aliphatic carbocycles. The van der Waals surface area contributed by atoms with Gasteiger partial charge in [-0.05, 0) is 56.9 Å². The van der Waals surface area contributed by atoms with Gasteiger partial charge >= 0.3 is 0 Å². The van der Waals surface area contributed by atoms with E-state index in [0.29, 0.717) is 12.5 Å². The fraction of sp³-hybridized carbons (Fsp3) is 0.565. The number of hydrogen-bond donors (Lipinski definition) is 2. The normalized spacial score (nSPS) is 12.2. The summed E-state index contributed by atoms with van der Waals surface area (Å²) in [6.45, 7) is 13.0. The standard InChI is InChI=1S/C23H37N5O2.HI/c1-6-30-13-7-12-24-23(26-16-21-8-10-22(29-5)11-9-21)25-15-18(2)17-28-20(4)14-19(3)27-28;/h8-11,14,18H,6-7,12-13,15-17H2,1-5H3,(H2,24,25,26);1H. The Kier molecular flexibility index (Phi) is 13.2. The lowest BCUT2D eigenvalue weighted by Gasteiger charge is -2.17. The van der Waals surface area contributed by atoms with Crippen LogP contribution in [-0.4, -0.2) is 49.2 Å². The first-order valence-corrected chi connectivity index (χ1v) is 10.8. The molecule has 1 unspecified atom stereocenters. The van der Waals surface area contributed by atoms with Crippen molar-refractivity contribution in [3.8, 4) is 5.75 Å². The second-order valence-electron chi connectivity index (χ2n) is 7.59. The number of nitrogens with zero attached hydrogens (tertiary/aromatic N) is 3. The highest BCUT2D eigenvalue weighted by Crippen LogP contribution is 2.12. The SMILES string of the molecule is CCOCCCNC(=NCc1ccc(OC)cc1)NCC(C)Cn1nc(C)cc1C.I. The molecule has 0 radical (unpaired) electrons. The van der Waals surface area contributed by atoms with Gasteiger partial charge < -0.3 is 20.1 Å². The molecular formula is C23H38IN5O2. The van der Waals surface area contributed by atoms with E-state index in [4.69, 9.17) is 14.5 Å². The first-order chi connectivity index (χ1) is 14.5. The number of halogens is 1. The van der Waals surface area contributed by atoms with Crippen molar-refractivity contribution < 1.29 is 9.47 Å². The van der Waals surface area contributed by atoms with Crippen LogP contribution in [0.5, 0.6) is 5.75 Å². The maximum atomic E-state index is 5.42. The van der Waals surface area contributed by atoms with Crippen LogP contribution in [0.1, 0.15) is 37.2 Å². The van der Waals surface area contributed by atoms with E-state index in [0.717, 1.165) is 62.2 Å². The molecule has 2 rings (SSSR count). The number of nitrogens with one attached hydrogen (secondary N) is 2. The van der Waals surface area contributed by atoms with Crippen LogP contribution in [0.2, 0.25) is 0 Å². The van der Waals surface area contributed by atoms with Crippen LogP contribution in [0.4, 0.5) is 0 Å². The second-order valence-corrected chi connectivity index (χ2v) is 7.59. The molecule has 0 bridgehead atoms. The summed E-state index contributed by atoms with van der Waals surface area (Å²) < 4.78 is 12.7. The summed E-state index contributed by atoms with van der Waals surface area (Å²) in [5.41, 5.74) is 3.40. The van der Waals surface area contributed by atoms with Gasteiger partial charge in [0.1, 0.15) is 5.75 Å². The van der Waals surface area contributed by atoms with Crippen molar-refractivity contribution in [3.05, 3.63) is 47.3 Å². The average molecular weight is 543 g/mol. The van der Waals surface area contributed by atoms with Crippen LogP contribution in [0.15, 0.2) is 35.3 Å². The van der Waals surface area contributed by atoms with Gasteiger partial charge in [-0.25, -0.2) is 4.99 Å². The fourth-order valence-corrected chi connectivity index (χ4v) is 3.09. The van der Waals surface area contributed by atoms with Crippen molar-refractivity contribution in [1.82, 2.24) is 20.4 Å². The zero-order valence-corrected chi connectivity index (χ0v) is 21.8. The summed E-state index contributed by atoms with van der Waals surface area (Å²) in [6, 6.07) is 10.1. The van der Waals surface area contributed by atoms with Crippen LogP contribution in [0.3, 0.4) is 0 Å². The van der Waals surface area contributed by atoms with Crippen LogP contribution in [-0.2, 0) is 17.8 Å². The van der Waals surface area contributed by atoms with E-state index in [2.05, 4.69) is 40.3 Å². The molecule has 0 amide bonds. The summed E-state index contributed by atoms with van der Waals surface area (Å²) in [5, 5.41) is 11.5. The average Bonchev–Trinajstić information content (AvgIpc) is 3.06. The molecule has 2 N–H and O–H groups in total. The minimum Gasteiger partial charge on any atom is -0.497 e. The van der Waals surface area contributed by atoms with E-state index >= 15 is 0 Å². The van der Waals surface area contributed by atoms with Crippen molar-refractivity contribution >= 4 is 29.9 Å². The largest absolute Gasteiger partial charge is 0.497 e. The predicted molar refractivity (Wildman–Crippen MR) is 138 cm³/mol. The summed E-state index contributed by atoms with van der Waals surface area (Å²) in [4.78, 5) is 4.76. The Morgan fingerprint density at radius 1 is 1.19 bits per heavy atom. The molecule has 7 nitrogen and oxygen atoms in total. The molecule has 2 aromatic rings. The maximum Gasteiger partial charge on any atom is 0.191 e. The highest BCUT2D eigenvalue weighted by molar-refractivity contribution is 14.0. The summed E-state index contributed by atoms with van der Waals surface area (Å²) in [7, 11) is 1.68. The van der Waals surface area contributed by atoms with Gasteiger partial charge in [-0.2, -0.15) is 5.10 Å². The van der Waals surface area contributed by atoms with E-state index in [1.165, 1.54) is 5.69 Å². The molecule has 0 fully saturated rings. The second kappa shape index (κ2) is 15.1. The molecule has 0 saturated carbocycles. The van der Waals surface area contributed by atoms with E-state index in [-0.39, 0.29) is 24.0 Å². The number of hydrogen-bond acceptors (Lipinski definition) is 4. The third kappa shape index (κ3) is 10.4. The molecule has 0 aliphatic rings. The summed E-state index contributed by atoms with van der Waals surface area (Å²) in [5.74, 6) is 2.09. The smallest absolute Gasteiger partial charge is 0.191 e. The molecule has 31 heavy (non-hydrogen) atoms. The Morgan fingerprint density at radius 2 is 1.94 bits per heavy atom. The van der Waals surface area contributed by atoms with Crippen molar-refractivity contribution in [2.45, 2.75) is 47.2 Å². The zero-order valence-electron chi connectivity index (χ0n) is 19.5. The van der Waals surface area contributed by atoms with Crippen LogP contribution in [0, 0.1) is 19.8 Å². The monoisotopic (exact) mass is 543 g/mol. The predicted octanol–water partition coefficient (Wildman–Crippen LogP) is 3.92. The molecule has 0 saturated heterocycles. The molecule has 1 heterocycles. The van der Waals surface area contributed by atoms with Crippen molar-refractivity contribution in [2.75, 3.05) is 33.4 Å². The lowest BCUT2D eigenvalue weighted by atomic mass is 10.2. The quantitative estimate of drug-likeness (QED) is 0.184. The molecule has 8 heteroatoms. The van der Waals surface area contributed by atoms with Crippen LogP contribution < -0.4 is 15.4 Å². The number of aromatic nitrogens is 2. The highest BCUT2D eigenvalue weighted by atomic mass is 127. The van der Waals surface area contributed by atoms with Gasteiger partial charge in [0, 0.05) is 38.5 Å². The van der Waals surface area contributed by atoms with Gasteiger partial charge in [0.2, 0.25) is 0 Å². The fourth-order valence-electron chi connectivity index (χ4n) is 3.09. The van der Waals surface area contributed by atoms with Gasteiger partial charge in [-0.15, -0.1) is 24.0 Å². The molecule has 174 valence electrons. The third-order valence-electron chi connectivity index (χ3n) is 4.75. The Balaban J connectivity index is 0.00000480. The minimum atomic E-state index is 0. The Bertz CT molecular complexity index is 777. The molecular weight excluding hydrogens is 505 g/mol. The first-order valence-electron chi connectivity index (χ1n) is 10.8. The molecule has 0 aliphatic heterocycles. The Morgan fingerprint density at radius 3 is 2.55 bits per heavy atom. The van der Waals surface area contributed by atoms with Crippen LogP contribution >= 0.6 is 24.0 Å². The van der Waals surface area contributed by atoms with Crippen molar-refractivity contribution in [2.24, 2.45) is 10.9 Å². The number of ether oxygens (including phenoxy) is 2. The summed E-state index contributed by atoms with van der Waals surface area (Å²) >= 11 is 0. The highest BCUT2D eigenvalue weighted by Gasteiger charge is 2.08. The van der Waals surface area contributed by atoms with E-state index in [1.54, 1.807) is 7.11 Å². The summed E-state index contributed by atoms with van der Waals surface area (Å²) in [6.07, 6.45) is 0.943. The molecule has 1 aromatic heterocycles. The first kappa shape index (κ1) is 27.2. The Hall–Kier alpha value is -1.81. The van der Waals surface area contributed by atoms with E-state index in [9.17, 15) is 0 Å². The number of benzene rings is 1. The van der Waals surface area contributed by atoms with Crippen molar-refractivity contribution in [1.29, 1.82) is 0 Å². The van der Waals surface area contributed by atoms with Gasteiger partial charge in [0.25, 0.3) is 0 Å². The number of methoxy groups -OCH3 is 1. The lowest BCUT2D eigenvalue weighted by Crippen LogP contribution is -2.40. The topological polar surface area (TPSA) is 72.7 Å². The van der Waals surface area contributed by atoms with Gasteiger partial charge in [0.05, 0.1) is 19.3 Å². The van der Waals surface area contributed by atoms with Gasteiger partial charge in [-0.3, -0.25) is 4.68 Å². The Labute approximate surface area is 204 Å². The maximum absolute atomic E-state index is 5.42. The van der Waals surface area contributed by atoms with E-state index in [1.807, 2.05) is 38.1 Å². The zero-order chi connectivity index (χ0) is 21.8. The number of aryl methyl sites for hydroxylation is 2. The lowest BCUT2D eigenvalue weighted by molar-refractivity contribution is 0.145. The van der Waals surface area contributed by atoms with Crippen molar-refractivity contribution in [3.63, 3.8) is 0 Å². The molecule has 0 spiro atoms. The number of guanidine groups is 1. The van der Waals surface area contributed by atoms with Crippen LogP contribution in [0.25, 0.3) is 0 Å². The third-order valence-corrected chi connectivity index (χ3v) is 4.75.